The van der Waals surface area contributed by atoms with Crippen molar-refractivity contribution >= 4 is 11.8 Å². The quantitative estimate of drug-likeness (QED) is 0.764. The lowest BCUT2D eigenvalue weighted by molar-refractivity contribution is -0.120. The number of amides is 2. The smallest absolute Gasteiger partial charge is 0.251 e. The van der Waals surface area contributed by atoms with Crippen LogP contribution in [0.15, 0.2) is 28.8 Å². The van der Waals surface area contributed by atoms with Crippen LogP contribution in [0.2, 0.25) is 0 Å². The average molecular weight is 345 g/mol. The van der Waals surface area contributed by atoms with E-state index in [0.29, 0.717) is 30.2 Å². The van der Waals surface area contributed by atoms with Crippen LogP contribution in [0.5, 0.6) is 5.75 Å². The molecule has 0 aliphatic rings. The number of carbonyl (C=O) groups is 2. The van der Waals surface area contributed by atoms with Gasteiger partial charge in [0.1, 0.15) is 18.1 Å². The van der Waals surface area contributed by atoms with Crippen LogP contribution in [0.4, 0.5) is 0 Å². The van der Waals surface area contributed by atoms with Gasteiger partial charge in [0.15, 0.2) is 0 Å². The fourth-order valence-electron chi connectivity index (χ4n) is 2.18. The van der Waals surface area contributed by atoms with E-state index in [1.165, 1.54) is 0 Å². The Morgan fingerprint density at radius 3 is 2.72 bits per heavy atom. The topological polar surface area (TPSA) is 93.5 Å². The molecule has 0 fully saturated rings. The van der Waals surface area contributed by atoms with E-state index >= 15 is 0 Å². The van der Waals surface area contributed by atoms with Gasteiger partial charge in [0.2, 0.25) is 5.91 Å². The van der Waals surface area contributed by atoms with Crippen LogP contribution in [0.25, 0.3) is 0 Å². The first-order chi connectivity index (χ1) is 12.0. The Hall–Kier alpha value is -2.83. The molecule has 0 atom stereocenters. The Bertz CT molecular complexity index is 720. The number of benzene rings is 1. The Morgan fingerprint density at radius 2 is 2.04 bits per heavy atom. The first kappa shape index (κ1) is 18.5. The molecule has 0 unspecified atom stereocenters. The van der Waals surface area contributed by atoms with Gasteiger partial charge in [-0.25, -0.2) is 0 Å². The highest BCUT2D eigenvalue weighted by atomic mass is 16.5. The van der Waals surface area contributed by atoms with Crippen molar-refractivity contribution in [2.75, 3.05) is 13.1 Å². The van der Waals surface area contributed by atoms with Crippen molar-refractivity contribution in [3.8, 4) is 5.75 Å². The van der Waals surface area contributed by atoms with E-state index in [2.05, 4.69) is 15.8 Å². The number of rotatable bonds is 8. The predicted octanol–water partition coefficient (Wildman–Crippen LogP) is 2.13. The summed E-state index contributed by atoms with van der Waals surface area (Å²) in [7, 11) is 0. The van der Waals surface area contributed by atoms with Crippen molar-refractivity contribution in [2.45, 2.75) is 33.8 Å². The van der Waals surface area contributed by atoms with E-state index in [1.54, 1.807) is 24.3 Å². The molecule has 0 saturated carbocycles. The summed E-state index contributed by atoms with van der Waals surface area (Å²) in [6, 6.07) is 6.80. The van der Waals surface area contributed by atoms with Crippen LogP contribution in [-0.2, 0) is 11.4 Å². The normalized spacial score (nSPS) is 10.4. The van der Waals surface area contributed by atoms with Crippen molar-refractivity contribution in [2.24, 2.45) is 0 Å². The number of hydrogen-bond acceptors (Lipinski definition) is 5. The van der Waals surface area contributed by atoms with Crippen LogP contribution < -0.4 is 15.4 Å². The Balaban J connectivity index is 1.91. The third kappa shape index (κ3) is 5.34. The summed E-state index contributed by atoms with van der Waals surface area (Å²) in [5, 5.41) is 9.17. The number of carbonyl (C=O) groups excluding carboxylic acids is 2. The minimum Gasteiger partial charge on any atom is -0.489 e. The molecule has 134 valence electrons. The van der Waals surface area contributed by atoms with E-state index in [9.17, 15) is 9.59 Å². The first-order valence-corrected chi connectivity index (χ1v) is 8.20. The lowest BCUT2D eigenvalue weighted by atomic mass is 10.2. The lowest BCUT2D eigenvalue weighted by Crippen LogP contribution is -2.37. The van der Waals surface area contributed by atoms with Crippen molar-refractivity contribution in [1.82, 2.24) is 15.8 Å². The van der Waals surface area contributed by atoms with E-state index in [0.717, 1.165) is 17.7 Å². The molecule has 1 aromatic heterocycles. The number of hydrogen-bond donors (Lipinski definition) is 2. The van der Waals surface area contributed by atoms with Gasteiger partial charge in [0.05, 0.1) is 17.8 Å². The molecule has 0 aliphatic heterocycles. The van der Waals surface area contributed by atoms with Crippen LogP contribution >= 0.6 is 0 Å². The summed E-state index contributed by atoms with van der Waals surface area (Å²) < 4.78 is 10.8. The molecule has 2 N–H and O–H groups in total. The van der Waals surface area contributed by atoms with Crippen molar-refractivity contribution < 1.29 is 18.8 Å². The van der Waals surface area contributed by atoms with Gasteiger partial charge in [0, 0.05) is 12.1 Å². The molecule has 2 amide bonds. The Kier molecular flexibility index (Phi) is 6.56. The van der Waals surface area contributed by atoms with E-state index in [1.807, 2.05) is 20.8 Å². The molecule has 2 aromatic rings. The van der Waals surface area contributed by atoms with Gasteiger partial charge in [0.25, 0.3) is 5.91 Å². The summed E-state index contributed by atoms with van der Waals surface area (Å²) in [4.78, 5) is 23.7. The zero-order chi connectivity index (χ0) is 18.2. The van der Waals surface area contributed by atoms with Crippen molar-refractivity contribution in [1.29, 1.82) is 0 Å². The fraction of sp³-hybridized carbons (Fsp3) is 0.389. The number of nitrogens with zero attached hydrogens (tertiary/aromatic N) is 1. The maximum Gasteiger partial charge on any atom is 0.251 e. The van der Waals surface area contributed by atoms with Crippen LogP contribution in [-0.4, -0.2) is 30.1 Å². The molecule has 25 heavy (non-hydrogen) atoms. The molecule has 0 bridgehead atoms. The third-order valence-corrected chi connectivity index (χ3v) is 3.64. The van der Waals surface area contributed by atoms with Gasteiger partial charge in [-0.1, -0.05) is 18.1 Å². The lowest BCUT2D eigenvalue weighted by Gasteiger charge is -2.09. The van der Waals surface area contributed by atoms with Gasteiger partial charge in [-0.3, -0.25) is 9.59 Å². The molecule has 1 heterocycles. The van der Waals surface area contributed by atoms with Crippen LogP contribution in [0, 0.1) is 13.8 Å². The van der Waals surface area contributed by atoms with Crippen molar-refractivity contribution in [3.05, 3.63) is 46.8 Å². The standard InChI is InChI=1S/C18H23N3O4/c1-4-8-19-17(22)10-20-18(23)14-6-5-7-15(9-14)24-11-16-12(2)21-25-13(16)3/h5-7,9H,4,8,10-11H2,1-3H3,(H,19,22)(H,20,23). The third-order valence-electron chi connectivity index (χ3n) is 3.64. The van der Waals surface area contributed by atoms with E-state index in [-0.39, 0.29) is 18.4 Å². The fourth-order valence-corrected chi connectivity index (χ4v) is 2.18. The van der Waals surface area contributed by atoms with Gasteiger partial charge >= 0.3 is 0 Å². The van der Waals surface area contributed by atoms with Gasteiger partial charge in [-0.05, 0) is 38.5 Å². The van der Waals surface area contributed by atoms with Crippen LogP contribution in [0.3, 0.4) is 0 Å². The highest BCUT2D eigenvalue weighted by molar-refractivity contribution is 5.96. The van der Waals surface area contributed by atoms with Gasteiger partial charge < -0.3 is 19.9 Å². The minimum atomic E-state index is -0.325. The Morgan fingerprint density at radius 1 is 1.24 bits per heavy atom. The van der Waals surface area contributed by atoms with Gasteiger partial charge in [-0.15, -0.1) is 0 Å². The zero-order valence-corrected chi connectivity index (χ0v) is 14.7. The summed E-state index contributed by atoms with van der Waals surface area (Å²) in [6.45, 7) is 6.50. The number of aryl methyl sites for hydroxylation is 2. The maximum atomic E-state index is 12.1. The largest absolute Gasteiger partial charge is 0.489 e. The molecular weight excluding hydrogens is 322 g/mol. The van der Waals surface area contributed by atoms with E-state index < -0.39 is 0 Å². The second-order valence-corrected chi connectivity index (χ2v) is 5.65. The highest BCUT2D eigenvalue weighted by Crippen LogP contribution is 2.18. The summed E-state index contributed by atoms with van der Waals surface area (Å²) in [6.07, 6.45) is 0.851. The number of aromatic nitrogens is 1. The molecule has 1 aromatic carbocycles. The predicted molar refractivity (Wildman–Crippen MR) is 92.4 cm³/mol. The number of ether oxygens (including phenoxy) is 1. The highest BCUT2D eigenvalue weighted by Gasteiger charge is 2.11. The van der Waals surface area contributed by atoms with Crippen molar-refractivity contribution in [3.63, 3.8) is 0 Å². The monoisotopic (exact) mass is 345 g/mol. The molecule has 0 radical (unpaired) electrons. The molecule has 0 aliphatic carbocycles. The first-order valence-electron chi connectivity index (χ1n) is 8.20. The average Bonchev–Trinajstić information content (AvgIpc) is 2.94. The number of nitrogens with one attached hydrogen (secondary N) is 2. The molecule has 7 nitrogen and oxygen atoms in total. The molecule has 7 heteroatoms. The Labute approximate surface area is 146 Å². The molecule has 0 saturated heterocycles. The zero-order valence-electron chi connectivity index (χ0n) is 14.7. The second-order valence-electron chi connectivity index (χ2n) is 5.65. The molecular formula is C18H23N3O4. The SMILES string of the molecule is CCCNC(=O)CNC(=O)c1cccc(OCc2c(C)noc2C)c1. The van der Waals surface area contributed by atoms with Crippen LogP contribution in [0.1, 0.15) is 40.7 Å². The van der Waals surface area contributed by atoms with E-state index in [4.69, 9.17) is 9.26 Å². The molecule has 0 spiro atoms. The second kappa shape index (κ2) is 8.86. The minimum absolute atomic E-state index is 0.0526. The van der Waals surface area contributed by atoms with Gasteiger partial charge in [-0.2, -0.15) is 0 Å². The molecule has 2 rings (SSSR count). The summed E-state index contributed by atoms with van der Waals surface area (Å²) in [5.74, 6) is 0.739. The summed E-state index contributed by atoms with van der Waals surface area (Å²) >= 11 is 0. The summed E-state index contributed by atoms with van der Waals surface area (Å²) in [5.41, 5.74) is 2.10. The maximum absolute atomic E-state index is 12.1.